The maximum Gasteiger partial charge on any atom is 0.255 e. The maximum atomic E-state index is 12.0. The second kappa shape index (κ2) is 5.47. The maximum absolute atomic E-state index is 12.0. The van der Waals surface area contributed by atoms with Crippen molar-refractivity contribution < 1.29 is 4.79 Å². The number of nitrogens with one attached hydrogen (secondary N) is 2. The third kappa shape index (κ3) is 3.36. The Kier molecular flexibility index (Phi) is 3.93. The Bertz CT molecular complexity index is 695. The van der Waals surface area contributed by atoms with Crippen molar-refractivity contribution in [1.82, 2.24) is 4.98 Å². The molecule has 2 N–H and O–H groups in total. The number of carbonyl (C=O) groups excluding carboxylic acids is 1. The molecule has 0 aliphatic heterocycles. The van der Waals surface area contributed by atoms with Crippen molar-refractivity contribution in [3.8, 4) is 0 Å². The van der Waals surface area contributed by atoms with Gasteiger partial charge in [-0.2, -0.15) is 0 Å². The fourth-order valence-electron chi connectivity index (χ4n) is 1.60. The van der Waals surface area contributed by atoms with E-state index in [0.717, 1.165) is 0 Å². The minimum atomic E-state index is -0.418. The lowest BCUT2D eigenvalue weighted by molar-refractivity contribution is 0.102. The molecule has 0 saturated heterocycles. The lowest BCUT2D eigenvalue weighted by Crippen LogP contribution is -2.17. The number of aromatic amines is 1. The normalized spacial score (nSPS) is 10.3. The molecule has 19 heavy (non-hydrogen) atoms. The molecule has 0 atom stereocenters. The second-order valence-corrected chi connectivity index (χ2v) is 4.84. The minimum absolute atomic E-state index is 0.261. The van der Waals surface area contributed by atoms with Gasteiger partial charge in [0.2, 0.25) is 5.56 Å². The van der Waals surface area contributed by atoms with Gasteiger partial charge in [0.15, 0.2) is 0 Å². The molecule has 1 aromatic carbocycles. The van der Waals surface area contributed by atoms with Gasteiger partial charge in [0.25, 0.3) is 5.91 Å². The van der Waals surface area contributed by atoms with Crippen molar-refractivity contribution >= 4 is 34.8 Å². The van der Waals surface area contributed by atoms with Crippen molar-refractivity contribution in [3.05, 3.63) is 62.0 Å². The van der Waals surface area contributed by atoms with E-state index in [1.807, 2.05) is 0 Å². The number of hydrogen-bond donors (Lipinski definition) is 2. The molecule has 0 radical (unpaired) electrons. The standard InChI is InChI=1S/C13H10Cl2N2O2/c1-7-4-8(5-12(18)16-7)13(19)17-11-6-9(14)2-3-10(11)15/h2-6H,1H3,(H,16,18)(H,17,19). The van der Waals surface area contributed by atoms with E-state index in [0.29, 0.717) is 21.4 Å². The highest BCUT2D eigenvalue weighted by Crippen LogP contribution is 2.25. The zero-order chi connectivity index (χ0) is 14.0. The second-order valence-electron chi connectivity index (χ2n) is 3.99. The van der Waals surface area contributed by atoms with Crippen LogP contribution in [0.15, 0.2) is 35.1 Å². The van der Waals surface area contributed by atoms with Crippen molar-refractivity contribution in [3.63, 3.8) is 0 Å². The molecule has 0 saturated carbocycles. The molecular weight excluding hydrogens is 287 g/mol. The molecule has 2 aromatic rings. The van der Waals surface area contributed by atoms with Gasteiger partial charge in [-0.3, -0.25) is 9.59 Å². The molecule has 0 unspecified atom stereocenters. The Hall–Kier alpha value is -1.78. The van der Waals surface area contributed by atoms with Gasteiger partial charge in [0.05, 0.1) is 10.7 Å². The average molecular weight is 297 g/mol. The molecular formula is C13H10Cl2N2O2. The monoisotopic (exact) mass is 296 g/mol. The van der Waals surface area contributed by atoms with Crippen LogP contribution in [0.1, 0.15) is 16.1 Å². The lowest BCUT2D eigenvalue weighted by Gasteiger charge is -2.08. The minimum Gasteiger partial charge on any atom is -0.326 e. The number of benzene rings is 1. The first-order valence-corrected chi connectivity index (χ1v) is 6.18. The summed E-state index contributed by atoms with van der Waals surface area (Å²) in [6.07, 6.45) is 0. The van der Waals surface area contributed by atoms with Crippen molar-refractivity contribution in [2.24, 2.45) is 0 Å². The van der Waals surface area contributed by atoms with E-state index in [1.54, 1.807) is 31.2 Å². The number of carbonyl (C=O) groups is 1. The summed E-state index contributed by atoms with van der Waals surface area (Å²) >= 11 is 11.8. The summed E-state index contributed by atoms with van der Waals surface area (Å²) in [6, 6.07) is 7.55. The largest absolute Gasteiger partial charge is 0.326 e. The van der Waals surface area contributed by atoms with Crippen LogP contribution in [0, 0.1) is 6.92 Å². The van der Waals surface area contributed by atoms with Crippen LogP contribution in [0.25, 0.3) is 0 Å². The third-order valence-electron chi connectivity index (χ3n) is 2.42. The zero-order valence-corrected chi connectivity index (χ0v) is 11.5. The van der Waals surface area contributed by atoms with Crippen molar-refractivity contribution in [2.75, 3.05) is 5.32 Å². The molecule has 2 rings (SSSR count). The van der Waals surface area contributed by atoms with Gasteiger partial charge in [0.1, 0.15) is 0 Å². The predicted molar refractivity (Wildman–Crippen MR) is 76.2 cm³/mol. The predicted octanol–water partition coefficient (Wildman–Crippen LogP) is 3.24. The summed E-state index contributed by atoms with van der Waals surface area (Å²) in [5, 5.41) is 3.45. The van der Waals surface area contributed by atoms with Gasteiger partial charge >= 0.3 is 0 Å². The lowest BCUT2D eigenvalue weighted by atomic mass is 10.2. The summed E-state index contributed by atoms with van der Waals surface area (Å²) in [4.78, 5) is 25.9. The number of halogens is 2. The molecule has 1 aromatic heterocycles. The number of anilines is 1. The van der Waals surface area contributed by atoms with E-state index >= 15 is 0 Å². The zero-order valence-electron chi connectivity index (χ0n) is 9.96. The van der Waals surface area contributed by atoms with Crippen LogP contribution in [-0.4, -0.2) is 10.9 Å². The van der Waals surface area contributed by atoms with Gasteiger partial charge in [-0.25, -0.2) is 0 Å². The summed E-state index contributed by atoms with van der Waals surface area (Å²) in [7, 11) is 0. The third-order valence-corrected chi connectivity index (χ3v) is 2.98. The summed E-state index contributed by atoms with van der Waals surface area (Å²) in [5.41, 5.74) is 0.937. The SMILES string of the molecule is Cc1cc(C(=O)Nc2cc(Cl)ccc2Cl)cc(=O)[nH]1. The number of pyridine rings is 1. The Morgan fingerprint density at radius 3 is 2.63 bits per heavy atom. The topological polar surface area (TPSA) is 62.0 Å². The van der Waals surface area contributed by atoms with Crippen molar-refractivity contribution in [1.29, 1.82) is 0 Å². The highest BCUT2D eigenvalue weighted by Gasteiger charge is 2.10. The molecule has 98 valence electrons. The number of hydrogen-bond acceptors (Lipinski definition) is 2. The van der Waals surface area contributed by atoms with E-state index in [2.05, 4.69) is 10.3 Å². The van der Waals surface area contributed by atoms with E-state index in [1.165, 1.54) is 6.07 Å². The molecule has 4 nitrogen and oxygen atoms in total. The molecule has 0 bridgehead atoms. The highest BCUT2D eigenvalue weighted by molar-refractivity contribution is 6.35. The molecule has 1 heterocycles. The first-order valence-electron chi connectivity index (χ1n) is 5.43. The van der Waals surface area contributed by atoms with Crippen LogP contribution in [0.4, 0.5) is 5.69 Å². The van der Waals surface area contributed by atoms with Crippen LogP contribution in [0.3, 0.4) is 0 Å². The van der Waals surface area contributed by atoms with E-state index in [9.17, 15) is 9.59 Å². The number of aromatic nitrogens is 1. The van der Waals surface area contributed by atoms with E-state index in [-0.39, 0.29) is 11.1 Å². The van der Waals surface area contributed by atoms with Gasteiger partial charge in [0, 0.05) is 22.3 Å². The quantitative estimate of drug-likeness (QED) is 0.894. The summed E-state index contributed by atoms with van der Waals surface area (Å²) < 4.78 is 0. The van der Waals surface area contributed by atoms with Gasteiger partial charge in [-0.15, -0.1) is 0 Å². The molecule has 0 aliphatic rings. The first kappa shape index (κ1) is 13.6. The van der Waals surface area contributed by atoms with Crippen LogP contribution in [0.5, 0.6) is 0 Å². The van der Waals surface area contributed by atoms with Crippen LogP contribution in [0.2, 0.25) is 10.0 Å². The smallest absolute Gasteiger partial charge is 0.255 e. The Balaban J connectivity index is 2.30. The number of rotatable bonds is 2. The van der Waals surface area contributed by atoms with Crippen molar-refractivity contribution in [2.45, 2.75) is 6.92 Å². The molecule has 6 heteroatoms. The van der Waals surface area contributed by atoms with Gasteiger partial charge in [-0.1, -0.05) is 23.2 Å². The van der Waals surface area contributed by atoms with E-state index < -0.39 is 5.91 Å². The number of aryl methyl sites for hydroxylation is 1. The van der Waals surface area contributed by atoms with Crippen LogP contribution < -0.4 is 10.9 Å². The summed E-state index contributed by atoms with van der Waals surface area (Å²) in [6.45, 7) is 1.70. The Morgan fingerprint density at radius 2 is 1.95 bits per heavy atom. The van der Waals surface area contributed by atoms with Crippen LogP contribution >= 0.6 is 23.2 Å². The summed E-state index contributed by atoms with van der Waals surface area (Å²) in [5.74, 6) is -0.418. The molecule has 1 amide bonds. The Labute approximate surface area is 119 Å². The highest BCUT2D eigenvalue weighted by atomic mass is 35.5. The first-order chi connectivity index (χ1) is 8.95. The molecule has 0 spiro atoms. The molecule has 0 aliphatic carbocycles. The average Bonchev–Trinajstić information content (AvgIpc) is 2.32. The fourth-order valence-corrected chi connectivity index (χ4v) is 1.94. The Morgan fingerprint density at radius 1 is 1.21 bits per heavy atom. The molecule has 0 fully saturated rings. The number of amides is 1. The van der Waals surface area contributed by atoms with Crippen LogP contribution in [-0.2, 0) is 0 Å². The number of H-pyrrole nitrogens is 1. The fraction of sp³-hybridized carbons (Fsp3) is 0.0769. The van der Waals surface area contributed by atoms with Gasteiger partial charge < -0.3 is 10.3 Å². The van der Waals surface area contributed by atoms with Gasteiger partial charge in [-0.05, 0) is 31.2 Å². The van der Waals surface area contributed by atoms with E-state index in [4.69, 9.17) is 23.2 Å².